The van der Waals surface area contributed by atoms with Crippen LogP contribution in [0.2, 0.25) is 0 Å². The second-order valence-electron chi connectivity index (χ2n) is 8.08. The van der Waals surface area contributed by atoms with Crippen LogP contribution in [0.25, 0.3) is 0 Å². The quantitative estimate of drug-likeness (QED) is 0.537. The number of hydrogen-bond acceptors (Lipinski definition) is 5. The maximum absolute atomic E-state index is 12.8. The zero-order valence-electron chi connectivity index (χ0n) is 17.2. The van der Waals surface area contributed by atoms with Crippen molar-refractivity contribution < 1.29 is 23.9 Å². The molecule has 0 spiro atoms. The molecule has 2 amide bonds. The highest BCUT2D eigenvalue weighted by atomic mass is 16.5. The van der Waals surface area contributed by atoms with Gasteiger partial charge in [-0.05, 0) is 73.7 Å². The summed E-state index contributed by atoms with van der Waals surface area (Å²) >= 11 is 0. The monoisotopic (exact) mass is 407 g/mol. The van der Waals surface area contributed by atoms with Gasteiger partial charge in [0.05, 0.1) is 24.6 Å². The molecule has 2 aromatic carbocycles. The SMILES string of the molecule is COc1ccc(C(=O)COc2ccc(N3C(=O)[C@@H]4CC[C@@H](C)C[C@H]4C3=O)cc2)cc1. The molecule has 2 aliphatic rings. The van der Waals surface area contributed by atoms with Crippen LogP contribution in [0.3, 0.4) is 0 Å². The third kappa shape index (κ3) is 3.82. The highest BCUT2D eigenvalue weighted by Crippen LogP contribution is 2.42. The number of carbonyl (C=O) groups is 3. The van der Waals surface area contributed by atoms with E-state index in [1.165, 1.54) is 4.90 Å². The van der Waals surface area contributed by atoms with Gasteiger partial charge in [-0.1, -0.05) is 6.92 Å². The molecule has 0 bridgehead atoms. The summed E-state index contributed by atoms with van der Waals surface area (Å²) in [5.74, 6) is 0.937. The molecule has 2 aromatic rings. The minimum Gasteiger partial charge on any atom is -0.497 e. The lowest BCUT2D eigenvalue weighted by atomic mass is 9.76. The Bertz CT molecular complexity index is 951. The molecular weight excluding hydrogens is 382 g/mol. The third-order valence-corrected chi connectivity index (χ3v) is 6.06. The number of imide groups is 1. The lowest BCUT2D eigenvalue weighted by Gasteiger charge is -2.25. The largest absolute Gasteiger partial charge is 0.497 e. The summed E-state index contributed by atoms with van der Waals surface area (Å²) in [6.07, 6.45) is 2.55. The molecule has 1 heterocycles. The molecule has 30 heavy (non-hydrogen) atoms. The van der Waals surface area contributed by atoms with Crippen molar-refractivity contribution in [1.29, 1.82) is 0 Å². The van der Waals surface area contributed by atoms with Crippen molar-refractivity contribution in [2.75, 3.05) is 18.6 Å². The Morgan fingerprint density at radius 2 is 1.57 bits per heavy atom. The Hall–Kier alpha value is -3.15. The van der Waals surface area contributed by atoms with E-state index in [4.69, 9.17) is 9.47 Å². The number of rotatable bonds is 6. The van der Waals surface area contributed by atoms with E-state index in [0.29, 0.717) is 28.7 Å². The summed E-state index contributed by atoms with van der Waals surface area (Å²) in [5.41, 5.74) is 1.10. The standard InChI is InChI=1S/C24H25NO5/c1-15-3-12-20-21(13-15)24(28)25(23(20)27)17-6-10-19(11-7-17)30-14-22(26)16-4-8-18(29-2)9-5-16/h4-11,15,20-21H,3,12-14H2,1-2H3/t15-,20-,21-/m1/s1. The van der Waals surface area contributed by atoms with Crippen molar-refractivity contribution in [2.45, 2.75) is 26.2 Å². The van der Waals surface area contributed by atoms with Crippen LogP contribution in [0.15, 0.2) is 48.5 Å². The Balaban J connectivity index is 1.40. The average Bonchev–Trinajstić information content (AvgIpc) is 3.02. The van der Waals surface area contributed by atoms with E-state index in [1.54, 1.807) is 55.6 Å². The van der Waals surface area contributed by atoms with Crippen molar-refractivity contribution in [3.8, 4) is 11.5 Å². The normalized spacial score (nSPS) is 23.3. The zero-order chi connectivity index (χ0) is 21.3. The Morgan fingerprint density at radius 3 is 2.23 bits per heavy atom. The summed E-state index contributed by atoms with van der Waals surface area (Å²) in [6.45, 7) is 2.03. The highest BCUT2D eigenvalue weighted by Gasteiger charge is 2.49. The molecule has 4 rings (SSSR count). The summed E-state index contributed by atoms with van der Waals surface area (Å²) in [5, 5.41) is 0. The van der Waals surface area contributed by atoms with Gasteiger partial charge in [-0.25, -0.2) is 0 Å². The molecular formula is C24H25NO5. The zero-order valence-corrected chi connectivity index (χ0v) is 17.2. The molecule has 3 atom stereocenters. The Kier molecular flexibility index (Phi) is 5.57. The molecule has 1 aliphatic carbocycles. The maximum Gasteiger partial charge on any atom is 0.237 e. The van der Waals surface area contributed by atoms with Crippen LogP contribution in [-0.2, 0) is 9.59 Å². The highest BCUT2D eigenvalue weighted by molar-refractivity contribution is 6.22. The third-order valence-electron chi connectivity index (χ3n) is 6.06. The van der Waals surface area contributed by atoms with E-state index in [9.17, 15) is 14.4 Å². The number of ether oxygens (including phenoxy) is 2. The molecule has 0 radical (unpaired) electrons. The van der Waals surface area contributed by atoms with Crippen LogP contribution < -0.4 is 14.4 Å². The first kappa shape index (κ1) is 20.1. The average molecular weight is 407 g/mol. The van der Waals surface area contributed by atoms with Gasteiger partial charge in [0.1, 0.15) is 11.5 Å². The van der Waals surface area contributed by atoms with Gasteiger partial charge in [0.25, 0.3) is 0 Å². The van der Waals surface area contributed by atoms with Gasteiger partial charge in [-0.15, -0.1) is 0 Å². The fourth-order valence-electron chi connectivity index (χ4n) is 4.34. The predicted molar refractivity (Wildman–Crippen MR) is 112 cm³/mol. The molecule has 6 heteroatoms. The van der Waals surface area contributed by atoms with Gasteiger partial charge in [-0.3, -0.25) is 19.3 Å². The Morgan fingerprint density at radius 1 is 0.933 bits per heavy atom. The van der Waals surface area contributed by atoms with E-state index in [1.807, 2.05) is 0 Å². The maximum atomic E-state index is 12.8. The first-order valence-corrected chi connectivity index (χ1v) is 10.3. The predicted octanol–water partition coefficient (Wildman–Crippen LogP) is 3.88. The molecule has 1 saturated heterocycles. The van der Waals surface area contributed by atoms with Gasteiger partial charge in [0.2, 0.25) is 11.8 Å². The molecule has 0 N–H and O–H groups in total. The molecule has 1 aliphatic heterocycles. The van der Waals surface area contributed by atoms with Crippen LogP contribution in [0.5, 0.6) is 11.5 Å². The second kappa shape index (κ2) is 8.30. The van der Waals surface area contributed by atoms with Crippen molar-refractivity contribution in [1.82, 2.24) is 0 Å². The van der Waals surface area contributed by atoms with Crippen LogP contribution >= 0.6 is 0 Å². The van der Waals surface area contributed by atoms with Crippen LogP contribution in [-0.4, -0.2) is 31.3 Å². The van der Waals surface area contributed by atoms with Crippen LogP contribution in [0, 0.1) is 17.8 Å². The van der Waals surface area contributed by atoms with Gasteiger partial charge >= 0.3 is 0 Å². The van der Waals surface area contributed by atoms with Crippen molar-refractivity contribution >= 4 is 23.3 Å². The molecule has 6 nitrogen and oxygen atoms in total. The van der Waals surface area contributed by atoms with Gasteiger partial charge < -0.3 is 9.47 Å². The van der Waals surface area contributed by atoms with Gasteiger partial charge in [0, 0.05) is 5.56 Å². The summed E-state index contributed by atoms with van der Waals surface area (Å²) < 4.78 is 10.7. The van der Waals surface area contributed by atoms with E-state index < -0.39 is 0 Å². The number of ketones is 1. The number of carbonyl (C=O) groups excluding carboxylic acids is 3. The minimum atomic E-state index is -0.195. The molecule has 1 saturated carbocycles. The topological polar surface area (TPSA) is 72.9 Å². The van der Waals surface area contributed by atoms with Crippen LogP contribution in [0.4, 0.5) is 5.69 Å². The molecule has 0 aromatic heterocycles. The number of methoxy groups -OCH3 is 1. The van der Waals surface area contributed by atoms with E-state index in [-0.39, 0.29) is 36.0 Å². The first-order valence-electron chi connectivity index (χ1n) is 10.3. The first-order chi connectivity index (χ1) is 14.5. The fourth-order valence-corrected chi connectivity index (χ4v) is 4.34. The number of hydrogen-bond donors (Lipinski definition) is 0. The summed E-state index contributed by atoms with van der Waals surface area (Å²) in [4.78, 5) is 39.2. The Labute approximate surface area is 175 Å². The number of amides is 2. The molecule has 0 unspecified atom stereocenters. The lowest BCUT2D eigenvalue weighted by molar-refractivity contribution is -0.122. The van der Waals surface area contributed by atoms with E-state index in [0.717, 1.165) is 19.3 Å². The molecule has 156 valence electrons. The van der Waals surface area contributed by atoms with Crippen molar-refractivity contribution in [2.24, 2.45) is 17.8 Å². The van der Waals surface area contributed by atoms with Gasteiger partial charge in [0.15, 0.2) is 12.4 Å². The van der Waals surface area contributed by atoms with Crippen molar-refractivity contribution in [3.05, 3.63) is 54.1 Å². The van der Waals surface area contributed by atoms with Crippen molar-refractivity contribution in [3.63, 3.8) is 0 Å². The lowest BCUT2D eigenvalue weighted by Crippen LogP contribution is -2.30. The summed E-state index contributed by atoms with van der Waals surface area (Å²) in [6, 6.07) is 13.6. The number of nitrogens with zero attached hydrogens (tertiary/aromatic N) is 1. The number of fused-ring (bicyclic) bond motifs is 1. The van der Waals surface area contributed by atoms with E-state index in [2.05, 4.69) is 6.92 Å². The smallest absolute Gasteiger partial charge is 0.237 e. The number of Topliss-reactive ketones (excluding diaryl/α,β-unsaturated/α-hetero) is 1. The van der Waals surface area contributed by atoms with E-state index >= 15 is 0 Å². The number of anilines is 1. The number of benzene rings is 2. The second-order valence-corrected chi connectivity index (χ2v) is 8.08. The fraction of sp³-hybridized carbons (Fsp3) is 0.375. The van der Waals surface area contributed by atoms with Crippen LogP contribution in [0.1, 0.15) is 36.5 Å². The minimum absolute atomic E-state index is 0.0970. The summed E-state index contributed by atoms with van der Waals surface area (Å²) in [7, 11) is 1.57. The molecule has 2 fully saturated rings. The van der Waals surface area contributed by atoms with Gasteiger partial charge in [-0.2, -0.15) is 0 Å².